The number of amides is 1. The van der Waals surface area contributed by atoms with Crippen LogP contribution in [0.1, 0.15) is 19.8 Å². The highest BCUT2D eigenvalue weighted by Crippen LogP contribution is 2.34. The minimum absolute atomic E-state index is 0.0276. The largest absolute Gasteiger partial charge is 0.408 e. The Morgan fingerprint density at radius 1 is 1.42 bits per heavy atom. The molecule has 2 atom stereocenters. The standard InChI is InChI=1S/C19H21N7O4S/c1-11-7-12(10-26(9-11)15(27)3-5-20)23-16-13-4-6-21-17(13)22-8-14(16)18-24-25-19(30-18)31(2,28)29/h4,6,8,11-12H,3,7,9-10H2,1-2H3,(H2,21,22,23)/t11-,12+/m0/s1. The molecule has 3 aromatic heterocycles. The van der Waals surface area contributed by atoms with Crippen LogP contribution in [-0.4, -0.2) is 64.8 Å². The van der Waals surface area contributed by atoms with Gasteiger partial charge in [0.15, 0.2) is 0 Å². The van der Waals surface area contributed by atoms with Crippen LogP contribution in [0.15, 0.2) is 28.1 Å². The summed E-state index contributed by atoms with van der Waals surface area (Å²) in [7, 11) is -3.65. The summed E-state index contributed by atoms with van der Waals surface area (Å²) in [5, 5.41) is 20.2. The van der Waals surface area contributed by atoms with Crippen molar-refractivity contribution in [3.63, 3.8) is 0 Å². The number of sulfone groups is 1. The number of H-pyrrole nitrogens is 1. The Bertz CT molecular complexity index is 1270. The van der Waals surface area contributed by atoms with Crippen molar-refractivity contribution in [1.29, 1.82) is 5.26 Å². The molecule has 0 spiro atoms. The van der Waals surface area contributed by atoms with Crippen molar-refractivity contribution in [2.24, 2.45) is 5.92 Å². The van der Waals surface area contributed by atoms with E-state index >= 15 is 0 Å². The highest BCUT2D eigenvalue weighted by molar-refractivity contribution is 7.90. The molecular weight excluding hydrogens is 422 g/mol. The second-order valence-corrected chi connectivity index (χ2v) is 9.64. The number of aromatic nitrogens is 4. The lowest BCUT2D eigenvalue weighted by Gasteiger charge is -2.37. The number of fused-ring (bicyclic) bond motifs is 1. The maximum Gasteiger partial charge on any atom is 0.335 e. The maximum absolute atomic E-state index is 12.3. The molecule has 1 amide bonds. The van der Waals surface area contributed by atoms with Gasteiger partial charge in [-0.1, -0.05) is 12.0 Å². The zero-order valence-corrected chi connectivity index (χ0v) is 17.8. The van der Waals surface area contributed by atoms with E-state index in [9.17, 15) is 13.2 Å². The normalized spacial score (nSPS) is 19.3. The van der Waals surface area contributed by atoms with Gasteiger partial charge in [-0.3, -0.25) is 4.79 Å². The number of carbonyl (C=O) groups is 1. The van der Waals surface area contributed by atoms with Crippen LogP contribution in [0, 0.1) is 17.2 Å². The molecule has 4 heterocycles. The van der Waals surface area contributed by atoms with Crippen LogP contribution in [0.4, 0.5) is 5.69 Å². The van der Waals surface area contributed by atoms with Gasteiger partial charge >= 0.3 is 5.22 Å². The second-order valence-electron chi connectivity index (χ2n) is 7.75. The summed E-state index contributed by atoms with van der Waals surface area (Å²) in [6.07, 6.45) is 4.92. The van der Waals surface area contributed by atoms with E-state index < -0.39 is 15.1 Å². The number of carbonyl (C=O) groups excluding carboxylic acids is 1. The van der Waals surface area contributed by atoms with Crippen molar-refractivity contribution in [2.45, 2.75) is 31.0 Å². The van der Waals surface area contributed by atoms with Crippen molar-refractivity contribution in [1.82, 2.24) is 25.1 Å². The molecule has 0 aromatic carbocycles. The van der Waals surface area contributed by atoms with Crippen LogP contribution in [-0.2, 0) is 14.6 Å². The molecule has 0 aliphatic carbocycles. The predicted molar refractivity (Wildman–Crippen MR) is 110 cm³/mol. The van der Waals surface area contributed by atoms with Crippen LogP contribution in [0.3, 0.4) is 0 Å². The first-order valence-electron chi connectivity index (χ1n) is 9.67. The van der Waals surface area contributed by atoms with Crippen molar-refractivity contribution < 1.29 is 17.6 Å². The lowest BCUT2D eigenvalue weighted by atomic mass is 9.95. The fourth-order valence-electron chi connectivity index (χ4n) is 3.84. The number of aromatic amines is 1. The molecule has 1 aliphatic heterocycles. The Balaban J connectivity index is 1.70. The summed E-state index contributed by atoms with van der Waals surface area (Å²) in [6.45, 7) is 3.09. The first-order chi connectivity index (χ1) is 14.8. The van der Waals surface area contributed by atoms with Crippen molar-refractivity contribution >= 4 is 32.5 Å². The highest BCUT2D eigenvalue weighted by Gasteiger charge is 2.29. The zero-order valence-electron chi connectivity index (χ0n) is 17.0. The van der Waals surface area contributed by atoms with Gasteiger partial charge in [0.2, 0.25) is 15.7 Å². The molecule has 1 fully saturated rings. The highest BCUT2D eigenvalue weighted by atomic mass is 32.2. The number of likely N-dealkylation sites (tertiary alicyclic amines) is 1. The molecule has 0 unspecified atom stereocenters. The van der Waals surface area contributed by atoms with Crippen molar-refractivity contribution in [2.75, 3.05) is 24.7 Å². The third-order valence-electron chi connectivity index (χ3n) is 5.13. The number of anilines is 1. The molecule has 0 saturated carbocycles. The molecule has 11 nitrogen and oxygen atoms in total. The first kappa shape index (κ1) is 20.8. The smallest absolute Gasteiger partial charge is 0.335 e. The molecule has 2 N–H and O–H groups in total. The lowest BCUT2D eigenvalue weighted by molar-refractivity contribution is -0.132. The molecule has 3 aromatic rings. The van der Waals surface area contributed by atoms with Gasteiger partial charge < -0.3 is 19.6 Å². The van der Waals surface area contributed by atoms with Gasteiger partial charge in [0.25, 0.3) is 5.89 Å². The van der Waals surface area contributed by atoms with Crippen LogP contribution in [0.2, 0.25) is 0 Å². The summed E-state index contributed by atoms with van der Waals surface area (Å²) in [5.41, 5.74) is 1.75. The summed E-state index contributed by atoms with van der Waals surface area (Å²) < 4.78 is 28.9. The minimum Gasteiger partial charge on any atom is -0.408 e. The molecule has 4 rings (SSSR count). The van der Waals surface area contributed by atoms with Crippen LogP contribution in [0.25, 0.3) is 22.5 Å². The average Bonchev–Trinajstić information content (AvgIpc) is 3.37. The summed E-state index contributed by atoms with van der Waals surface area (Å²) in [6, 6.07) is 3.65. The molecule has 162 valence electrons. The number of nitrogens with one attached hydrogen (secondary N) is 2. The lowest BCUT2D eigenvalue weighted by Crippen LogP contribution is -2.48. The number of hydrogen-bond acceptors (Lipinski definition) is 9. The van der Waals surface area contributed by atoms with E-state index in [1.165, 1.54) is 6.20 Å². The van der Waals surface area contributed by atoms with Crippen LogP contribution < -0.4 is 5.32 Å². The van der Waals surface area contributed by atoms with Gasteiger partial charge in [-0.15, -0.1) is 5.10 Å². The predicted octanol–water partition coefficient (Wildman–Crippen LogP) is 1.58. The third kappa shape index (κ3) is 4.22. The SMILES string of the molecule is C[C@H]1C[C@@H](Nc2c(-c3nnc(S(C)(=O)=O)o3)cnc3[nH]ccc23)CN(C(=O)CC#N)C1. The molecule has 31 heavy (non-hydrogen) atoms. The zero-order chi connectivity index (χ0) is 22.2. The molecule has 12 heteroatoms. The van der Waals surface area contributed by atoms with Crippen molar-refractivity contribution in [3.8, 4) is 17.5 Å². The third-order valence-corrected chi connectivity index (χ3v) is 5.93. The van der Waals surface area contributed by atoms with E-state index in [1.54, 1.807) is 11.1 Å². The monoisotopic (exact) mass is 443 g/mol. The number of nitrogens with zero attached hydrogens (tertiary/aromatic N) is 5. The fourth-order valence-corrected chi connectivity index (χ4v) is 4.26. The minimum atomic E-state index is -3.65. The number of pyridine rings is 1. The quantitative estimate of drug-likeness (QED) is 0.597. The van der Waals surface area contributed by atoms with Crippen LogP contribution >= 0.6 is 0 Å². The number of hydrogen-bond donors (Lipinski definition) is 2. The van der Waals surface area contributed by atoms with E-state index in [0.717, 1.165) is 18.1 Å². The van der Waals surface area contributed by atoms with E-state index in [-0.39, 0.29) is 30.2 Å². The van der Waals surface area contributed by atoms with Gasteiger partial charge in [-0.2, -0.15) is 5.26 Å². The second kappa shape index (κ2) is 7.99. The van der Waals surface area contributed by atoms with Gasteiger partial charge in [0.05, 0.1) is 17.3 Å². The van der Waals surface area contributed by atoms with E-state index in [4.69, 9.17) is 9.68 Å². The molecule has 0 radical (unpaired) electrons. The first-order valence-corrected chi connectivity index (χ1v) is 11.6. The average molecular weight is 443 g/mol. The van der Waals surface area contributed by atoms with Gasteiger partial charge in [0.1, 0.15) is 12.1 Å². The number of piperidine rings is 1. The van der Waals surface area contributed by atoms with Crippen molar-refractivity contribution in [3.05, 3.63) is 18.5 Å². The Hall–Kier alpha value is -3.46. The summed E-state index contributed by atoms with van der Waals surface area (Å²) in [4.78, 5) is 21.4. The van der Waals surface area contributed by atoms with E-state index in [1.807, 2.05) is 12.1 Å². The van der Waals surface area contributed by atoms with Crippen LogP contribution in [0.5, 0.6) is 0 Å². The molecule has 1 aliphatic rings. The molecule has 0 bridgehead atoms. The van der Waals surface area contributed by atoms with Gasteiger partial charge in [0, 0.05) is 43.2 Å². The van der Waals surface area contributed by atoms with Gasteiger partial charge in [-0.05, 0) is 18.4 Å². The molecule has 1 saturated heterocycles. The molecular formula is C19H21N7O4S. The maximum atomic E-state index is 12.3. The Morgan fingerprint density at radius 3 is 2.94 bits per heavy atom. The van der Waals surface area contributed by atoms with E-state index in [2.05, 4.69) is 32.4 Å². The topological polar surface area (TPSA) is 158 Å². The summed E-state index contributed by atoms with van der Waals surface area (Å²) in [5.74, 6) is 0.0678. The Kier molecular flexibility index (Phi) is 5.36. The Morgan fingerprint density at radius 2 is 2.23 bits per heavy atom. The Labute approximate surface area is 178 Å². The summed E-state index contributed by atoms with van der Waals surface area (Å²) >= 11 is 0. The number of rotatable bonds is 5. The van der Waals surface area contributed by atoms with Gasteiger partial charge in [-0.25, -0.2) is 13.4 Å². The number of nitriles is 1. The fraction of sp³-hybridized carbons (Fsp3) is 0.421. The van der Waals surface area contributed by atoms with E-state index in [0.29, 0.717) is 30.0 Å².